The van der Waals surface area contributed by atoms with Gasteiger partial charge in [-0.05, 0) is 42.0 Å². The third kappa shape index (κ3) is 3.95. The number of urea groups is 1. The van der Waals surface area contributed by atoms with E-state index in [1.165, 1.54) is 27.4 Å². The Bertz CT molecular complexity index is 1010. The van der Waals surface area contributed by atoms with Crippen molar-refractivity contribution >= 4 is 45.5 Å². The molecule has 1 saturated heterocycles. The zero-order chi connectivity index (χ0) is 21.1. The van der Waals surface area contributed by atoms with Crippen molar-refractivity contribution in [1.29, 1.82) is 0 Å². The van der Waals surface area contributed by atoms with E-state index in [4.69, 9.17) is 14.2 Å². The lowest BCUT2D eigenvalue weighted by atomic mass is 10.1. The highest BCUT2D eigenvalue weighted by molar-refractivity contribution is 9.10. The number of rotatable bonds is 5. The van der Waals surface area contributed by atoms with Crippen molar-refractivity contribution in [1.82, 2.24) is 5.32 Å². The van der Waals surface area contributed by atoms with Crippen LogP contribution in [-0.4, -0.2) is 39.2 Å². The lowest BCUT2D eigenvalue weighted by Gasteiger charge is -2.26. The summed E-state index contributed by atoms with van der Waals surface area (Å²) in [6.07, 6.45) is 1.36. The summed E-state index contributed by atoms with van der Waals surface area (Å²) < 4.78 is 16.5. The van der Waals surface area contributed by atoms with Crippen LogP contribution in [0.2, 0.25) is 0 Å². The highest BCUT2D eigenvalue weighted by Gasteiger charge is 2.37. The largest absolute Gasteiger partial charge is 0.493 e. The monoisotopic (exact) mass is 460 g/mol. The van der Waals surface area contributed by atoms with Crippen molar-refractivity contribution in [3.8, 4) is 17.2 Å². The number of ether oxygens (including phenoxy) is 3. The van der Waals surface area contributed by atoms with E-state index in [2.05, 4.69) is 21.2 Å². The average Bonchev–Trinajstić information content (AvgIpc) is 2.70. The summed E-state index contributed by atoms with van der Waals surface area (Å²) in [6, 6.07) is 9.00. The molecular formula is C20H17BrN2O6. The van der Waals surface area contributed by atoms with E-state index >= 15 is 0 Å². The van der Waals surface area contributed by atoms with Gasteiger partial charge in [-0.3, -0.25) is 14.9 Å². The van der Waals surface area contributed by atoms with Crippen LogP contribution in [0.1, 0.15) is 5.56 Å². The minimum atomic E-state index is -0.819. The SMILES string of the molecule is COc1cc(/C=C2/C(=O)NC(=O)N(c3cccc(Br)c3)C2=O)cc(OC)c1OC. The van der Waals surface area contributed by atoms with Gasteiger partial charge < -0.3 is 14.2 Å². The number of hydrogen-bond acceptors (Lipinski definition) is 6. The predicted molar refractivity (Wildman–Crippen MR) is 109 cm³/mol. The normalized spacial score (nSPS) is 15.4. The number of carbonyl (C=O) groups is 3. The van der Waals surface area contributed by atoms with Gasteiger partial charge >= 0.3 is 6.03 Å². The summed E-state index contributed by atoms with van der Waals surface area (Å²) in [5.41, 5.74) is 0.575. The number of imide groups is 2. The molecule has 1 aliphatic heterocycles. The van der Waals surface area contributed by atoms with E-state index in [1.807, 2.05) is 0 Å². The van der Waals surface area contributed by atoms with Crippen LogP contribution in [0.25, 0.3) is 6.08 Å². The number of nitrogens with one attached hydrogen (secondary N) is 1. The highest BCUT2D eigenvalue weighted by Crippen LogP contribution is 2.39. The highest BCUT2D eigenvalue weighted by atomic mass is 79.9. The van der Waals surface area contributed by atoms with Crippen molar-refractivity contribution in [2.24, 2.45) is 0 Å². The molecule has 2 aromatic rings. The van der Waals surface area contributed by atoms with E-state index in [9.17, 15) is 14.4 Å². The lowest BCUT2D eigenvalue weighted by molar-refractivity contribution is -0.122. The van der Waals surface area contributed by atoms with Gasteiger partial charge in [0.1, 0.15) is 5.57 Å². The van der Waals surface area contributed by atoms with Gasteiger partial charge in [0.05, 0.1) is 27.0 Å². The first-order chi connectivity index (χ1) is 13.9. The number of anilines is 1. The molecule has 1 fully saturated rings. The summed E-state index contributed by atoms with van der Waals surface area (Å²) in [4.78, 5) is 38.5. The Morgan fingerprint density at radius 3 is 2.17 bits per heavy atom. The minimum Gasteiger partial charge on any atom is -0.493 e. The summed E-state index contributed by atoms with van der Waals surface area (Å²) in [5.74, 6) is -0.433. The molecule has 0 bridgehead atoms. The first kappa shape index (κ1) is 20.4. The molecule has 4 amide bonds. The van der Waals surface area contributed by atoms with E-state index in [1.54, 1.807) is 36.4 Å². The Morgan fingerprint density at radius 1 is 0.966 bits per heavy atom. The molecule has 150 valence electrons. The third-order valence-electron chi connectivity index (χ3n) is 4.17. The molecule has 0 atom stereocenters. The molecule has 0 unspecified atom stereocenters. The number of hydrogen-bond donors (Lipinski definition) is 1. The van der Waals surface area contributed by atoms with Gasteiger partial charge in [-0.25, -0.2) is 9.69 Å². The Labute approximate surface area is 175 Å². The molecule has 1 heterocycles. The van der Waals surface area contributed by atoms with Crippen LogP contribution >= 0.6 is 15.9 Å². The van der Waals surface area contributed by atoms with Gasteiger partial charge in [0.2, 0.25) is 5.75 Å². The molecule has 0 spiro atoms. The molecule has 0 saturated carbocycles. The molecule has 0 aromatic heterocycles. The van der Waals surface area contributed by atoms with Crippen molar-refractivity contribution in [2.45, 2.75) is 0 Å². The molecule has 8 nitrogen and oxygen atoms in total. The summed E-state index contributed by atoms with van der Waals surface area (Å²) in [6.45, 7) is 0. The molecule has 0 aliphatic carbocycles. The Hall–Kier alpha value is -3.33. The van der Waals surface area contributed by atoms with Crippen LogP contribution in [0.4, 0.5) is 10.5 Å². The van der Waals surface area contributed by atoms with Crippen molar-refractivity contribution in [3.63, 3.8) is 0 Å². The standard InChI is InChI=1S/C20H17BrN2O6/c1-27-15-8-11(9-16(28-2)17(15)29-3)7-14-18(24)22-20(26)23(19(14)25)13-6-4-5-12(21)10-13/h4-10H,1-3H3,(H,22,24,26)/b14-7-. The number of halogens is 1. The summed E-state index contributed by atoms with van der Waals surface area (Å²) in [5, 5.41) is 2.18. The lowest BCUT2D eigenvalue weighted by Crippen LogP contribution is -2.54. The topological polar surface area (TPSA) is 94.2 Å². The number of nitrogens with zero attached hydrogens (tertiary/aromatic N) is 1. The van der Waals surface area contributed by atoms with Gasteiger partial charge in [-0.1, -0.05) is 22.0 Å². The van der Waals surface area contributed by atoms with E-state index in [-0.39, 0.29) is 5.57 Å². The van der Waals surface area contributed by atoms with Gasteiger partial charge in [-0.15, -0.1) is 0 Å². The van der Waals surface area contributed by atoms with Crippen molar-refractivity contribution < 1.29 is 28.6 Å². The van der Waals surface area contributed by atoms with Crippen LogP contribution in [0.3, 0.4) is 0 Å². The molecular weight excluding hydrogens is 444 g/mol. The van der Waals surface area contributed by atoms with Crippen LogP contribution in [-0.2, 0) is 9.59 Å². The van der Waals surface area contributed by atoms with Crippen LogP contribution in [0.15, 0.2) is 46.4 Å². The number of benzene rings is 2. The maximum atomic E-state index is 13.0. The van der Waals surface area contributed by atoms with Gasteiger partial charge in [0.25, 0.3) is 11.8 Å². The summed E-state index contributed by atoms with van der Waals surface area (Å²) in [7, 11) is 4.39. The predicted octanol–water partition coefficient (Wildman–Crippen LogP) is 3.14. The zero-order valence-corrected chi connectivity index (χ0v) is 17.4. The van der Waals surface area contributed by atoms with Crippen molar-refractivity contribution in [2.75, 3.05) is 26.2 Å². The maximum Gasteiger partial charge on any atom is 0.335 e. The molecule has 1 aliphatic rings. The number of carbonyl (C=O) groups excluding carboxylic acids is 3. The second-order valence-corrected chi connectivity index (χ2v) is 6.81. The first-order valence-corrected chi connectivity index (χ1v) is 9.16. The smallest absolute Gasteiger partial charge is 0.335 e. The van der Waals surface area contributed by atoms with Crippen LogP contribution in [0, 0.1) is 0 Å². The Kier molecular flexibility index (Phi) is 5.88. The minimum absolute atomic E-state index is 0.209. The van der Waals surface area contributed by atoms with E-state index < -0.39 is 17.8 Å². The molecule has 2 aromatic carbocycles. The van der Waals surface area contributed by atoms with E-state index in [0.717, 1.165) is 4.90 Å². The fourth-order valence-corrected chi connectivity index (χ4v) is 3.25. The van der Waals surface area contributed by atoms with Crippen LogP contribution < -0.4 is 24.4 Å². The quantitative estimate of drug-likeness (QED) is 0.543. The molecule has 0 radical (unpaired) electrons. The fourth-order valence-electron chi connectivity index (χ4n) is 2.86. The fraction of sp³-hybridized carbons (Fsp3) is 0.150. The van der Waals surface area contributed by atoms with Crippen LogP contribution in [0.5, 0.6) is 17.2 Å². The molecule has 3 rings (SSSR count). The number of amides is 4. The summed E-state index contributed by atoms with van der Waals surface area (Å²) >= 11 is 3.30. The molecule has 1 N–H and O–H groups in total. The van der Waals surface area contributed by atoms with Gasteiger partial charge in [0, 0.05) is 4.47 Å². The molecule has 29 heavy (non-hydrogen) atoms. The first-order valence-electron chi connectivity index (χ1n) is 8.36. The second-order valence-electron chi connectivity index (χ2n) is 5.90. The molecule has 9 heteroatoms. The van der Waals surface area contributed by atoms with Crippen molar-refractivity contribution in [3.05, 3.63) is 52.0 Å². The average molecular weight is 461 g/mol. The van der Waals surface area contributed by atoms with Gasteiger partial charge in [0.15, 0.2) is 11.5 Å². The third-order valence-corrected chi connectivity index (χ3v) is 4.66. The Morgan fingerprint density at radius 2 is 1.62 bits per heavy atom. The van der Waals surface area contributed by atoms with E-state index in [0.29, 0.717) is 33.0 Å². The number of barbiturate groups is 1. The Balaban J connectivity index is 2.07. The van der Waals surface area contributed by atoms with Gasteiger partial charge in [-0.2, -0.15) is 0 Å². The number of methoxy groups -OCH3 is 3. The second kappa shape index (κ2) is 8.36. The zero-order valence-electron chi connectivity index (χ0n) is 15.8. The maximum absolute atomic E-state index is 13.0.